The zero-order chi connectivity index (χ0) is 17.9. The van der Waals surface area contributed by atoms with Crippen LogP contribution >= 0.6 is 36.0 Å². The second kappa shape index (κ2) is 7.79. The third kappa shape index (κ3) is 4.56. The lowest BCUT2D eigenvalue weighted by molar-refractivity contribution is -0.114. The van der Waals surface area contributed by atoms with Crippen LogP contribution in [0.15, 0.2) is 36.4 Å². The van der Waals surface area contributed by atoms with Crippen molar-refractivity contribution in [3.8, 4) is 0 Å². The molecule has 0 heterocycles. The molecule has 0 bridgehead atoms. The van der Waals surface area contributed by atoms with E-state index in [0.29, 0.717) is 27.1 Å². The number of hydrogen-bond acceptors (Lipinski definition) is 3. The standard InChI is InChI=1S/C16H15Cl2N3O2S/c1-9-14(17)7-12(8-15(9)18)20-16(23)21(24)13-5-3-11(4-6-13)19-10(2)22/h3-8,24H,1-2H3,(H,19,22)(H,20,23). The molecule has 8 heteroatoms. The predicted molar refractivity (Wildman–Crippen MR) is 102 cm³/mol. The molecule has 0 atom stereocenters. The van der Waals surface area contributed by atoms with Gasteiger partial charge in [0.1, 0.15) is 0 Å². The first-order valence-corrected chi connectivity index (χ1v) is 8.07. The minimum absolute atomic E-state index is 0.170. The van der Waals surface area contributed by atoms with Crippen molar-refractivity contribution < 1.29 is 9.59 Å². The Morgan fingerprint density at radius 1 is 1.00 bits per heavy atom. The maximum absolute atomic E-state index is 12.3. The lowest BCUT2D eigenvalue weighted by Gasteiger charge is -2.17. The van der Waals surface area contributed by atoms with E-state index in [2.05, 4.69) is 23.4 Å². The summed E-state index contributed by atoms with van der Waals surface area (Å²) in [6, 6.07) is 9.42. The number of nitrogens with one attached hydrogen (secondary N) is 2. The predicted octanol–water partition coefficient (Wildman–Crippen LogP) is 5.14. The van der Waals surface area contributed by atoms with Gasteiger partial charge in [-0.2, -0.15) is 0 Å². The summed E-state index contributed by atoms with van der Waals surface area (Å²) in [6.07, 6.45) is 0. The number of carbonyl (C=O) groups is 2. The molecule has 0 aromatic heterocycles. The van der Waals surface area contributed by atoms with Crippen LogP contribution in [-0.2, 0) is 4.79 Å². The molecule has 2 N–H and O–H groups in total. The van der Waals surface area contributed by atoms with E-state index in [4.69, 9.17) is 23.2 Å². The summed E-state index contributed by atoms with van der Waals surface area (Å²) in [4.78, 5) is 23.3. The highest BCUT2D eigenvalue weighted by atomic mass is 35.5. The molecule has 0 unspecified atom stereocenters. The van der Waals surface area contributed by atoms with E-state index in [-0.39, 0.29) is 5.91 Å². The highest BCUT2D eigenvalue weighted by Gasteiger charge is 2.14. The van der Waals surface area contributed by atoms with Gasteiger partial charge in [0.2, 0.25) is 5.91 Å². The van der Waals surface area contributed by atoms with Gasteiger partial charge in [0.25, 0.3) is 0 Å². The van der Waals surface area contributed by atoms with E-state index in [1.54, 1.807) is 43.3 Å². The van der Waals surface area contributed by atoms with Crippen molar-refractivity contribution in [2.45, 2.75) is 13.8 Å². The van der Waals surface area contributed by atoms with Gasteiger partial charge in [-0.1, -0.05) is 36.0 Å². The number of halogens is 2. The van der Waals surface area contributed by atoms with Gasteiger partial charge in [-0.15, -0.1) is 0 Å². The zero-order valence-electron chi connectivity index (χ0n) is 12.9. The number of benzene rings is 2. The average Bonchev–Trinajstić information content (AvgIpc) is 2.52. The van der Waals surface area contributed by atoms with E-state index in [0.717, 1.165) is 9.87 Å². The fourth-order valence-corrected chi connectivity index (χ4v) is 2.57. The molecule has 24 heavy (non-hydrogen) atoms. The van der Waals surface area contributed by atoms with E-state index in [9.17, 15) is 9.59 Å². The molecular weight excluding hydrogens is 369 g/mol. The third-order valence-corrected chi connectivity index (χ3v) is 4.35. The molecular formula is C16H15Cl2N3O2S. The summed E-state index contributed by atoms with van der Waals surface area (Å²) in [6.45, 7) is 3.21. The fourth-order valence-electron chi connectivity index (χ4n) is 1.90. The Balaban J connectivity index is 2.10. The van der Waals surface area contributed by atoms with Gasteiger partial charge in [0.05, 0.1) is 5.69 Å². The maximum Gasteiger partial charge on any atom is 0.336 e. The van der Waals surface area contributed by atoms with Crippen LogP contribution in [0.1, 0.15) is 12.5 Å². The molecule has 2 aromatic carbocycles. The number of hydrogen-bond donors (Lipinski definition) is 3. The summed E-state index contributed by atoms with van der Waals surface area (Å²) in [5.74, 6) is -0.170. The first kappa shape index (κ1) is 18.4. The minimum atomic E-state index is -0.471. The molecule has 0 aliphatic heterocycles. The molecule has 126 valence electrons. The Labute approximate surface area is 155 Å². The Hall–Kier alpha value is -1.89. The van der Waals surface area contributed by atoms with E-state index >= 15 is 0 Å². The van der Waals surface area contributed by atoms with Crippen molar-refractivity contribution in [2.24, 2.45) is 0 Å². The topological polar surface area (TPSA) is 61.4 Å². The fraction of sp³-hybridized carbons (Fsp3) is 0.125. The summed E-state index contributed by atoms with van der Waals surface area (Å²) in [5.41, 5.74) is 2.38. The van der Waals surface area contributed by atoms with E-state index < -0.39 is 6.03 Å². The summed E-state index contributed by atoms with van der Waals surface area (Å²) >= 11 is 16.3. The summed E-state index contributed by atoms with van der Waals surface area (Å²) < 4.78 is 1.14. The first-order chi connectivity index (χ1) is 11.3. The van der Waals surface area contributed by atoms with Gasteiger partial charge < -0.3 is 10.6 Å². The zero-order valence-corrected chi connectivity index (χ0v) is 15.3. The molecule has 5 nitrogen and oxygen atoms in total. The van der Waals surface area contributed by atoms with Crippen LogP contribution in [0, 0.1) is 6.92 Å². The normalized spacial score (nSPS) is 10.2. The van der Waals surface area contributed by atoms with Crippen molar-refractivity contribution in [3.63, 3.8) is 0 Å². The van der Waals surface area contributed by atoms with Crippen LogP contribution < -0.4 is 14.9 Å². The molecule has 0 radical (unpaired) electrons. The minimum Gasteiger partial charge on any atom is -0.326 e. The number of nitrogens with zero attached hydrogens (tertiary/aromatic N) is 1. The molecule has 2 aromatic rings. The van der Waals surface area contributed by atoms with Gasteiger partial charge in [-0.3, -0.25) is 4.79 Å². The maximum atomic E-state index is 12.3. The van der Waals surface area contributed by atoms with E-state index in [1.165, 1.54) is 6.92 Å². The van der Waals surface area contributed by atoms with Crippen molar-refractivity contribution >= 4 is 65.0 Å². The van der Waals surface area contributed by atoms with Crippen molar-refractivity contribution in [1.82, 2.24) is 0 Å². The van der Waals surface area contributed by atoms with Crippen LogP contribution in [0.25, 0.3) is 0 Å². The molecule has 0 spiro atoms. The molecule has 0 fully saturated rings. The van der Waals surface area contributed by atoms with Crippen LogP contribution in [0.2, 0.25) is 10.0 Å². The Morgan fingerprint density at radius 2 is 1.54 bits per heavy atom. The monoisotopic (exact) mass is 383 g/mol. The van der Waals surface area contributed by atoms with Gasteiger partial charge in [0.15, 0.2) is 0 Å². The molecule has 3 amide bonds. The number of rotatable bonds is 3. The Bertz CT molecular complexity index is 758. The smallest absolute Gasteiger partial charge is 0.326 e. The molecule has 0 saturated heterocycles. The van der Waals surface area contributed by atoms with Crippen molar-refractivity contribution in [2.75, 3.05) is 14.9 Å². The number of thiol groups is 1. The van der Waals surface area contributed by atoms with Crippen LogP contribution in [-0.4, -0.2) is 11.9 Å². The highest BCUT2D eigenvalue weighted by molar-refractivity contribution is 7.82. The number of amides is 3. The molecule has 0 aliphatic rings. The lowest BCUT2D eigenvalue weighted by Crippen LogP contribution is -2.26. The largest absolute Gasteiger partial charge is 0.336 e. The second-order valence-electron chi connectivity index (χ2n) is 5.03. The first-order valence-electron chi connectivity index (χ1n) is 6.91. The Kier molecular flexibility index (Phi) is 5.99. The second-order valence-corrected chi connectivity index (χ2v) is 6.25. The number of urea groups is 1. The van der Waals surface area contributed by atoms with Gasteiger partial charge in [-0.05, 0) is 48.9 Å². The van der Waals surface area contributed by atoms with E-state index in [1.807, 2.05) is 0 Å². The van der Waals surface area contributed by atoms with Gasteiger partial charge >= 0.3 is 6.03 Å². The Morgan fingerprint density at radius 3 is 2.04 bits per heavy atom. The molecule has 0 aliphatic carbocycles. The molecule has 2 rings (SSSR count). The van der Waals surface area contributed by atoms with Crippen LogP contribution in [0.3, 0.4) is 0 Å². The SMILES string of the molecule is CC(=O)Nc1ccc(N(S)C(=O)Nc2cc(Cl)c(C)c(Cl)c2)cc1. The molecule has 0 saturated carbocycles. The van der Waals surface area contributed by atoms with Crippen molar-refractivity contribution in [3.05, 3.63) is 52.0 Å². The lowest BCUT2D eigenvalue weighted by atomic mass is 10.2. The van der Waals surface area contributed by atoms with Crippen molar-refractivity contribution in [1.29, 1.82) is 0 Å². The summed E-state index contributed by atoms with van der Waals surface area (Å²) in [5, 5.41) is 6.24. The third-order valence-electron chi connectivity index (χ3n) is 3.16. The quantitative estimate of drug-likeness (QED) is 0.642. The van der Waals surface area contributed by atoms with Gasteiger partial charge in [0, 0.05) is 28.3 Å². The average molecular weight is 384 g/mol. The van der Waals surface area contributed by atoms with Crippen LogP contribution in [0.5, 0.6) is 0 Å². The highest BCUT2D eigenvalue weighted by Crippen LogP contribution is 2.29. The van der Waals surface area contributed by atoms with Gasteiger partial charge in [-0.25, -0.2) is 9.10 Å². The number of carbonyl (C=O) groups excluding carboxylic acids is 2. The number of anilines is 3. The summed E-state index contributed by atoms with van der Waals surface area (Å²) in [7, 11) is 0. The van der Waals surface area contributed by atoms with Crippen LogP contribution in [0.4, 0.5) is 21.9 Å².